The number of hydrogen-bond donors (Lipinski definition) is 1. The lowest BCUT2D eigenvalue weighted by Gasteiger charge is -2.25. The molecule has 4 heteroatoms. The van der Waals surface area contributed by atoms with E-state index in [1.54, 1.807) is 0 Å². The number of anilines is 1. The van der Waals surface area contributed by atoms with Gasteiger partial charge in [-0.15, -0.1) is 0 Å². The average molecular weight is 338 g/mol. The predicted molar refractivity (Wildman–Crippen MR) is 88.2 cm³/mol. The highest BCUT2D eigenvalue weighted by Gasteiger charge is 2.29. The van der Waals surface area contributed by atoms with Crippen LogP contribution in [0.2, 0.25) is 0 Å². The monoisotopic (exact) mass is 337 g/mol. The van der Waals surface area contributed by atoms with Crippen molar-refractivity contribution in [3.05, 3.63) is 28.2 Å². The smallest absolute Gasteiger partial charge is 0.0511 e. The highest BCUT2D eigenvalue weighted by atomic mass is 79.9. The van der Waals surface area contributed by atoms with Gasteiger partial charge in [-0.05, 0) is 72.9 Å². The summed E-state index contributed by atoms with van der Waals surface area (Å²) in [6.07, 6.45) is 4.05. The molecule has 0 bridgehead atoms. The third kappa shape index (κ3) is 2.87. The molecule has 0 radical (unpaired) electrons. The van der Waals surface area contributed by atoms with Crippen LogP contribution in [0.5, 0.6) is 0 Å². The molecule has 2 saturated heterocycles. The van der Waals surface area contributed by atoms with Crippen molar-refractivity contribution in [2.75, 3.05) is 31.1 Å². The Morgan fingerprint density at radius 2 is 2.00 bits per heavy atom. The molecule has 3 nitrogen and oxygen atoms in total. The minimum Gasteiger partial charge on any atom is -0.369 e. The SMILES string of the molecule is C[C@@H](N)c1ccc(N2CCC(N3CCCC3)C2)c(Br)c1. The molecule has 2 N–H and O–H groups in total. The largest absolute Gasteiger partial charge is 0.369 e. The highest BCUT2D eigenvalue weighted by Crippen LogP contribution is 2.32. The van der Waals surface area contributed by atoms with E-state index in [1.807, 2.05) is 6.92 Å². The average Bonchev–Trinajstić information content (AvgIpc) is 3.09. The molecule has 2 aliphatic heterocycles. The zero-order valence-corrected chi connectivity index (χ0v) is 13.8. The van der Waals surface area contributed by atoms with Crippen molar-refractivity contribution in [2.24, 2.45) is 5.73 Å². The molecule has 2 fully saturated rings. The van der Waals surface area contributed by atoms with Crippen LogP contribution in [-0.4, -0.2) is 37.1 Å². The number of halogens is 1. The molecule has 0 aromatic heterocycles. The van der Waals surface area contributed by atoms with Gasteiger partial charge in [-0.25, -0.2) is 0 Å². The van der Waals surface area contributed by atoms with Crippen LogP contribution in [0.1, 0.15) is 37.8 Å². The van der Waals surface area contributed by atoms with Gasteiger partial charge in [-0.3, -0.25) is 4.90 Å². The molecular formula is C16H24BrN3. The summed E-state index contributed by atoms with van der Waals surface area (Å²) in [6, 6.07) is 7.39. The van der Waals surface area contributed by atoms with E-state index in [0.717, 1.165) is 19.1 Å². The van der Waals surface area contributed by atoms with Crippen molar-refractivity contribution in [3.63, 3.8) is 0 Å². The maximum Gasteiger partial charge on any atom is 0.0511 e. The lowest BCUT2D eigenvalue weighted by atomic mass is 10.1. The quantitative estimate of drug-likeness (QED) is 0.919. The molecule has 1 unspecified atom stereocenters. The van der Waals surface area contributed by atoms with E-state index in [9.17, 15) is 0 Å². The first kappa shape index (κ1) is 14.4. The van der Waals surface area contributed by atoms with E-state index in [0.29, 0.717) is 0 Å². The van der Waals surface area contributed by atoms with Gasteiger partial charge in [-0.2, -0.15) is 0 Å². The van der Waals surface area contributed by atoms with Crippen LogP contribution in [0.25, 0.3) is 0 Å². The molecular weight excluding hydrogens is 314 g/mol. The van der Waals surface area contributed by atoms with Crippen LogP contribution in [0, 0.1) is 0 Å². The molecule has 2 aliphatic rings. The Labute approximate surface area is 130 Å². The van der Waals surface area contributed by atoms with Crippen molar-refractivity contribution >= 4 is 21.6 Å². The lowest BCUT2D eigenvalue weighted by molar-refractivity contribution is 0.260. The van der Waals surface area contributed by atoms with E-state index >= 15 is 0 Å². The van der Waals surface area contributed by atoms with Crippen molar-refractivity contribution in [1.29, 1.82) is 0 Å². The van der Waals surface area contributed by atoms with Crippen LogP contribution < -0.4 is 10.6 Å². The second-order valence-electron chi connectivity index (χ2n) is 6.13. The molecule has 0 spiro atoms. The van der Waals surface area contributed by atoms with E-state index in [-0.39, 0.29) is 6.04 Å². The zero-order valence-electron chi connectivity index (χ0n) is 12.2. The van der Waals surface area contributed by atoms with E-state index < -0.39 is 0 Å². The fraction of sp³-hybridized carbons (Fsp3) is 0.625. The normalized spacial score (nSPS) is 25.4. The summed E-state index contributed by atoms with van der Waals surface area (Å²) in [5, 5.41) is 0. The van der Waals surface area contributed by atoms with Crippen molar-refractivity contribution in [3.8, 4) is 0 Å². The van der Waals surface area contributed by atoms with Crippen LogP contribution in [0.3, 0.4) is 0 Å². The second kappa shape index (κ2) is 6.04. The van der Waals surface area contributed by atoms with E-state index in [4.69, 9.17) is 5.73 Å². The van der Waals surface area contributed by atoms with Gasteiger partial charge in [0.1, 0.15) is 0 Å². The third-order valence-electron chi connectivity index (χ3n) is 4.66. The van der Waals surface area contributed by atoms with Gasteiger partial charge in [0, 0.05) is 29.6 Å². The summed E-state index contributed by atoms with van der Waals surface area (Å²) in [5.74, 6) is 0. The molecule has 0 aliphatic carbocycles. The topological polar surface area (TPSA) is 32.5 Å². The Hall–Kier alpha value is -0.580. The molecule has 1 aromatic carbocycles. The highest BCUT2D eigenvalue weighted by molar-refractivity contribution is 9.10. The lowest BCUT2D eigenvalue weighted by Crippen LogP contribution is -2.35. The van der Waals surface area contributed by atoms with Gasteiger partial charge in [0.05, 0.1) is 5.69 Å². The van der Waals surface area contributed by atoms with Gasteiger partial charge >= 0.3 is 0 Å². The Morgan fingerprint density at radius 1 is 1.25 bits per heavy atom. The maximum absolute atomic E-state index is 5.95. The van der Waals surface area contributed by atoms with Crippen molar-refractivity contribution in [1.82, 2.24) is 4.90 Å². The number of rotatable bonds is 3. The summed E-state index contributed by atoms with van der Waals surface area (Å²) in [7, 11) is 0. The van der Waals surface area contributed by atoms with E-state index in [2.05, 4.69) is 43.9 Å². The van der Waals surface area contributed by atoms with Crippen molar-refractivity contribution < 1.29 is 0 Å². The molecule has 20 heavy (non-hydrogen) atoms. The molecule has 110 valence electrons. The summed E-state index contributed by atoms with van der Waals surface area (Å²) in [5.41, 5.74) is 8.46. The molecule has 1 aromatic rings. The minimum atomic E-state index is 0.0938. The second-order valence-corrected chi connectivity index (χ2v) is 6.99. The predicted octanol–water partition coefficient (Wildman–Crippen LogP) is 3.14. The van der Waals surface area contributed by atoms with Crippen LogP contribution >= 0.6 is 15.9 Å². The fourth-order valence-corrected chi connectivity index (χ4v) is 4.08. The first-order chi connectivity index (χ1) is 9.65. The summed E-state index contributed by atoms with van der Waals surface area (Å²) < 4.78 is 1.18. The fourth-order valence-electron chi connectivity index (χ4n) is 3.43. The maximum atomic E-state index is 5.95. The van der Waals surface area contributed by atoms with Crippen LogP contribution in [0.15, 0.2) is 22.7 Å². The van der Waals surface area contributed by atoms with Crippen LogP contribution in [-0.2, 0) is 0 Å². The summed E-state index contributed by atoms with van der Waals surface area (Å²) in [4.78, 5) is 5.18. The Bertz CT molecular complexity index is 469. The van der Waals surface area contributed by atoms with Gasteiger partial charge in [0.25, 0.3) is 0 Å². The first-order valence-corrected chi connectivity index (χ1v) is 8.48. The standard InChI is InChI=1S/C16H24BrN3/c1-12(18)13-4-5-16(15(17)10-13)20-9-6-14(11-20)19-7-2-3-8-19/h4-5,10,12,14H,2-3,6-9,11,18H2,1H3/t12-,14?/m1/s1. The number of nitrogens with two attached hydrogens (primary N) is 1. The number of benzene rings is 1. The molecule has 3 rings (SSSR count). The molecule has 0 amide bonds. The van der Waals surface area contributed by atoms with Gasteiger partial charge in [-0.1, -0.05) is 6.07 Å². The molecule has 2 atom stereocenters. The summed E-state index contributed by atoms with van der Waals surface area (Å²) >= 11 is 3.72. The van der Waals surface area contributed by atoms with Gasteiger partial charge in [0.15, 0.2) is 0 Å². The Kier molecular flexibility index (Phi) is 4.34. The third-order valence-corrected chi connectivity index (χ3v) is 5.29. The Morgan fingerprint density at radius 3 is 2.65 bits per heavy atom. The molecule has 0 saturated carbocycles. The zero-order chi connectivity index (χ0) is 14.1. The minimum absolute atomic E-state index is 0.0938. The Balaban J connectivity index is 1.71. The van der Waals surface area contributed by atoms with Gasteiger partial charge < -0.3 is 10.6 Å². The molecule has 2 heterocycles. The van der Waals surface area contributed by atoms with Gasteiger partial charge in [0.2, 0.25) is 0 Å². The van der Waals surface area contributed by atoms with E-state index in [1.165, 1.54) is 48.1 Å². The number of nitrogens with zero attached hydrogens (tertiary/aromatic N) is 2. The number of likely N-dealkylation sites (tertiary alicyclic amines) is 1. The number of hydrogen-bond acceptors (Lipinski definition) is 3. The first-order valence-electron chi connectivity index (χ1n) is 7.69. The van der Waals surface area contributed by atoms with Crippen LogP contribution in [0.4, 0.5) is 5.69 Å². The summed E-state index contributed by atoms with van der Waals surface area (Å²) in [6.45, 7) is 6.95. The van der Waals surface area contributed by atoms with Crippen molar-refractivity contribution in [2.45, 2.75) is 38.3 Å².